The van der Waals surface area contributed by atoms with Crippen LogP contribution < -0.4 is 0 Å². The zero-order chi connectivity index (χ0) is 8.43. The number of rotatable bonds is 2. The highest BCUT2D eigenvalue weighted by molar-refractivity contribution is 14.1. The number of nitrogens with zero attached hydrogens (tertiary/aromatic N) is 1. The molecule has 1 aliphatic heterocycles. The Morgan fingerprint density at radius 2 is 1.91 bits per heavy atom. The van der Waals surface area contributed by atoms with E-state index in [4.69, 9.17) is 0 Å². The molecule has 0 atom stereocenters. The van der Waals surface area contributed by atoms with Crippen LogP contribution >= 0.6 is 22.4 Å². The van der Waals surface area contributed by atoms with E-state index >= 15 is 0 Å². The Hall–Kier alpha value is -0.135. The van der Waals surface area contributed by atoms with E-state index in [1.54, 1.807) is 0 Å². The number of imide groups is 1. The molecule has 1 fully saturated rings. The van der Waals surface area contributed by atoms with Gasteiger partial charge in [0.15, 0.2) is 0 Å². The molecule has 1 heterocycles. The summed E-state index contributed by atoms with van der Waals surface area (Å²) in [5.41, 5.74) is 0. The van der Waals surface area contributed by atoms with Crippen LogP contribution in [-0.4, -0.2) is 28.0 Å². The van der Waals surface area contributed by atoms with Gasteiger partial charge in [0.2, 0.25) is 11.8 Å². The third-order valence-electron chi connectivity index (χ3n) is 1.48. The Morgan fingerprint density at radius 1 is 1.45 bits per heavy atom. The van der Waals surface area contributed by atoms with Crippen LogP contribution in [0.2, 0.25) is 0 Å². The molecule has 0 N–H and O–H groups in total. The van der Waals surface area contributed by atoms with Crippen LogP contribution in [0.15, 0.2) is 0 Å². The van der Waals surface area contributed by atoms with E-state index < -0.39 is 4.85 Å². The quantitative estimate of drug-likeness (QED) is 0.417. The summed E-state index contributed by atoms with van der Waals surface area (Å²) in [4.78, 5) is 21.5. The maximum Gasteiger partial charge on any atom is 0.436 e. The Balaban J connectivity index is 2.55. The van der Waals surface area contributed by atoms with Crippen LogP contribution in [-0.2, 0) is 9.59 Å². The van der Waals surface area contributed by atoms with Gasteiger partial charge in [-0.2, -0.15) is 0 Å². The minimum atomic E-state index is -1.15. The van der Waals surface area contributed by atoms with Gasteiger partial charge in [0.1, 0.15) is 0 Å². The first-order valence-electron chi connectivity index (χ1n) is 3.22. The normalized spacial score (nSPS) is 17.8. The van der Waals surface area contributed by atoms with E-state index in [0.717, 1.165) is 4.90 Å². The van der Waals surface area contributed by atoms with Gasteiger partial charge >= 0.3 is 4.85 Å². The van der Waals surface area contributed by atoms with E-state index in [0.29, 0.717) is 0 Å². The van der Waals surface area contributed by atoms with Gasteiger partial charge in [0.05, 0.1) is 6.44 Å². The summed E-state index contributed by atoms with van der Waals surface area (Å²) in [6, 6.07) is 0. The second kappa shape index (κ2) is 3.51. The topological polar surface area (TPSA) is 37.4 Å². The summed E-state index contributed by atoms with van der Waals surface area (Å²) in [7, 11) is 0. The maximum atomic E-state index is 12.3. The number of carbonyl (C=O) groups excluding carboxylic acids is 2. The molecular formula is C5H6BFINO2. The molecule has 0 aromatic heterocycles. The lowest BCUT2D eigenvalue weighted by molar-refractivity contribution is -0.137. The van der Waals surface area contributed by atoms with Gasteiger partial charge in [0, 0.05) is 12.8 Å². The molecule has 1 rings (SSSR count). The third kappa shape index (κ3) is 2.15. The Labute approximate surface area is 77.3 Å². The highest BCUT2D eigenvalue weighted by Gasteiger charge is 2.31. The molecule has 0 aliphatic carbocycles. The first-order valence-corrected chi connectivity index (χ1v) is 4.47. The number of carbonyl (C=O) groups is 2. The maximum absolute atomic E-state index is 12.3. The zero-order valence-electron chi connectivity index (χ0n) is 5.72. The minimum absolute atomic E-state index is 0.0990. The van der Waals surface area contributed by atoms with Crippen molar-refractivity contribution in [2.45, 2.75) is 12.8 Å². The van der Waals surface area contributed by atoms with Crippen molar-refractivity contribution in [2.75, 3.05) is 6.44 Å². The summed E-state index contributed by atoms with van der Waals surface area (Å²) in [6.45, 7) is 0. The molecule has 0 aromatic rings. The average molecular weight is 269 g/mol. The van der Waals surface area contributed by atoms with Crippen LogP contribution in [0.5, 0.6) is 0 Å². The van der Waals surface area contributed by atoms with Gasteiger partial charge in [-0.25, -0.2) is 0 Å². The average Bonchev–Trinajstić information content (AvgIpc) is 2.18. The van der Waals surface area contributed by atoms with Gasteiger partial charge in [0.25, 0.3) is 0 Å². The van der Waals surface area contributed by atoms with Crippen LogP contribution in [0.1, 0.15) is 12.8 Å². The highest BCUT2D eigenvalue weighted by atomic mass is 127. The molecule has 2 amide bonds. The van der Waals surface area contributed by atoms with Crippen molar-refractivity contribution in [1.82, 2.24) is 4.90 Å². The summed E-state index contributed by atoms with van der Waals surface area (Å²) >= 11 is 1.54. The molecule has 0 radical (unpaired) electrons. The molecule has 1 aliphatic rings. The smallest absolute Gasteiger partial charge is 0.318 e. The van der Waals surface area contributed by atoms with Crippen molar-refractivity contribution in [3.05, 3.63) is 0 Å². The van der Waals surface area contributed by atoms with Crippen molar-refractivity contribution in [3.8, 4) is 0 Å². The lowest BCUT2D eigenvalue weighted by Crippen LogP contribution is -2.34. The summed E-state index contributed by atoms with van der Waals surface area (Å²) in [6.07, 6.45) is 0.378. The Bertz CT molecular complexity index is 183. The fourth-order valence-electron chi connectivity index (χ4n) is 0.965. The highest BCUT2D eigenvalue weighted by Crippen LogP contribution is 2.13. The van der Waals surface area contributed by atoms with Crippen molar-refractivity contribution >= 4 is 39.0 Å². The monoisotopic (exact) mass is 269 g/mol. The molecule has 1 saturated heterocycles. The number of halogens is 2. The van der Waals surface area contributed by atoms with Gasteiger partial charge in [-0.1, -0.05) is 0 Å². The van der Waals surface area contributed by atoms with Crippen molar-refractivity contribution in [2.24, 2.45) is 0 Å². The standard InChI is InChI=1S/C5H6BFINO2/c7-6(8)3-9-4(10)1-2-5(9)11/h1-3H2. The van der Waals surface area contributed by atoms with E-state index in [-0.39, 0.29) is 31.1 Å². The van der Waals surface area contributed by atoms with E-state index in [1.165, 1.54) is 22.4 Å². The van der Waals surface area contributed by atoms with E-state index in [9.17, 15) is 13.9 Å². The molecule has 0 spiro atoms. The Morgan fingerprint density at radius 3 is 2.27 bits per heavy atom. The van der Waals surface area contributed by atoms with Gasteiger partial charge in [-0.15, -0.1) is 22.4 Å². The molecule has 11 heavy (non-hydrogen) atoms. The van der Waals surface area contributed by atoms with Crippen molar-refractivity contribution < 1.29 is 13.9 Å². The largest absolute Gasteiger partial charge is 0.436 e. The second-order valence-corrected chi connectivity index (χ2v) is 3.64. The third-order valence-corrected chi connectivity index (χ3v) is 1.87. The molecule has 0 bridgehead atoms. The fourth-order valence-corrected chi connectivity index (χ4v) is 1.36. The van der Waals surface area contributed by atoms with Crippen molar-refractivity contribution in [1.29, 1.82) is 0 Å². The van der Waals surface area contributed by atoms with Crippen LogP contribution in [0, 0.1) is 0 Å². The first kappa shape index (κ1) is 8.96. The minimum Gasteiger partial charge on any atom is -0.318 e. The van der Waals surface area contributed by atoms with Crippen molar-refractivity contribution in [3.63, 3.8) is 0 Å². The van der Waals surface area contributed by atoms with E-state index in [2.05, 4.69) is 0 Å². The molecule has 3 nitrogen and oxygen atoms in total. The van der Waals surface area contributed by atoms with Gasteiger partial charge < -0.3 is 4.32 Å². The molecule has 6 heteroatoms. The lowest BCUT2D eigenvalue weighted by atomic mass is 10.1. The summed E-state index contributed by atoms with van der Waals surface area (Å²) < 4.78 is 12.3. The number of amides is 2. The second-order valence-electron chi connectivity index (χ2n) is 2.29. The molecule has 0 aromatic carbocycles. The molecule has 0 unspecified atom stereocenters. The molecule has 60 valence electrons. The van der Waals surface area contributed by atoms with Gasteiger partial charge in [-0.3, -0.25) is 14.5 Å². The van der Waals surface area contributed by atoms with Crippen LogP contribution in [0.25, 0.3) is 0 Å². The summed E-state index contributed by atoms with van der Waals surface area (Å²) in [5, 5.41) is 0. The first-order chi connectivity index (χ1) is 5.11. The van der Waals surface area contributed by atoms with Crippen LogP contribution in [0.4, 0.5) is 4.32 Å². The predicted molar refractivity (Wildman–Crippen MR) is 46.8 cm³/mol. The number of likely N-dealkylation sites (tertiary alicyclic amines) is 1. The Kier molecular flexibility index (Phi) is 2.86. The number of hydrogen-bond donors (Lipinski definition) is 0. The molecule has 0 saturated carbocycles. The SMILES string of the molecule is O=C1CCC(=O)N1CB(F)I. The predicted octanol–water partition coefficient (Wildman–Crippen LogP) is 0.567. The summed E-state index contributed by atoms with van der Waals surface area (Å²) in [5.74, 6) is -0.511. The van der Waals surface area contributed by atoms with Gasteiger partial charge in [-0.05, 0) is 0 Å². The lowest BCUT2D eigenvalue weighted by Gasteiger charge is -2.11. The zero-order valence-corrected chi connectivity index (χ0v) is 7.88. The number of hydrogen-bond acceptors (Lipinski definition) is 2. The molecular weight excluding hydrogens is 263 g/mol. The fraction of sp³-hybridized carbons (Fsp3) is 0.600. The van der Waals surface area contributed by atoms with Crippen LogP contribution in [0.3, 0.4) is 0 Å². The van der Waals surface area contributed by atoms with E-state index in [1.807, 2.05) is 0 Å².